The first-order valence-electron chi connectivity index (χ1n) is 12.5. The van der Waals surface area contributed by atoms with Gasteiger partial charge in [-0.15, -0.1) is 0 Å². The monoisotopic (exact) mass is 668 g/mol. The van der Waals surface area contributed by atoms with Crippen molar-refractivity contribution in [3.8, 4) is 17.3 Å². The van der Waals surface area contributed by atoms with E-state index < -0.39 is 0 Å². The number of carbonyl (C=O) groups is 1. The summed E-state index contributed by atoms with van der Waals surface area (Å²) in [7, 11) is 0. The smallest absolute Gasteiger partial charge is 0.282 e. The number of fused-ring (bicyclic) bond motifs is 2. The van der Waals surface area contributed by atoms with Crippen LogP contribution in [0.4, 0.5) is 0 Å². The third-order valence-corrected chi connectivity index (χ3v) is 7.52. The van der Waals surface area contributed by atoms with Crippen LogP contribution in [0.3, 0.4) is 0 Å². The van der Waals surface area contributed by atoms with E-state index in [0.717, 1.165) is 14.5 Å². The number of rotatable bonds is 6. The van der Waals surface area contributed by atoms with Crippen LogP contribution in [-0.2, 0) is 9.53 Å². The van der Waals surface area contributed by atoms with Crippen molar-refractivity contribution in [3.05, 3.63) is 91.2 Å². The van der Waals surface area contributed by atoms with Gasteiger partial charge in [0, 0.05) is 23.5 Å². The number of para-hydroxylation sites is 1. The van der Waals surface area contributed by atoms with Crippen molar-refractivity contribution in [2.45, 2.75) is 0 Å². The molecule has 2 aromatic heterocycles. The van der Waals surface area contributed by atoms with Gasteiger partial charge in [0.25, 0.3) is 11.5 Å². The van der Waals surface area contributed by atoms with Gasteiger partial charge in [0.2, 0.25) is 5.82 Å². The zero-order valence-corrected chi connectivity index (χ0v) is 24.0. The maximum Gasteiger partial charge on any atom is 0.282 e. The van der Waals surface area contributed by atoms with Crippen LogP contribution in [-0.4, -0.2) is 59.6 Å². The van der Waals surface area contributed by atoms with E-state index in [1.54, 1.807) is 59.6 Å². The Kier molecular flexibility index (Phi) is 7.55. The first-order valence-corrected chi connectivity index (χ1v) is 14.0. The molecule has 0 N–H and O–H groups in total. The molecule has 11 heteroatoms. The number of morpholine rings is 1. The fourth-order valence-corrected chi connectivity index (χ4v) is 5.27. The molecule has 3 aromatic carbocycles. The van der Waals surface area contributed by atoms with Crippen molar-refractivity contribution < 1.29 is 18.7 Å². The molecule has 0 atom stereocenters. The van der Waals surface area contributed by atoms with E-state index in [-0.39, 0.29) is 23.9 Å². The third-order valence-electron chi connectivity index (χ3n) is 6.45. The van der Waals surface area contributed by atoms with Gasteiger partial charge < -0.3 is 18.8 Å². The second kappa shape index (κ2) is 11.4. The molecular weight excluding hydrogens is 647 g/mol. The average molecular weight is 669 g/mol. The number of carbonyl (C=O) groups excluding carboxylic acids is 1. The second-order valence-corrected chi connectivity index (χ2v) is 10.7. The van der Waals surface area contributed by atoms with Crippen molar-refractivity contribution in [2.75, 3.05) is 32.9 Å². The molecule has 1 aliphatic rings. The van der Waals surface area contributed by atoms with Crippen LogP contribution in [0.25, 0.3) is 33.5 Å². The summed E-state index contributed by atoms with van der Waals surface area (Å²) in [6, 6.07) is 19.6. The summed E-state index contributed by atoms with van der Waals surface area (Å²) < 4.78 is 19.1. The van der Waals surface area contributed by atoms with Crippen LogP contribution in [0.1, 0.15) is 5.56 Å². The minimum atomic E-state index is -0.327. The highest BCUT2D eigenvalue weighted by molar-refractivity contribution is 14.1. The lowest BCUT2D eigenvalue weighted by Crippen LogP contribution is -2.43. The highest BCUT2D eigenvalue weighted by atomic mass is 127. The molecule has 0 radical (unpaired) electrons. The Morgan fingerprint density at radius 3 is 2.75 bits per heavy atom. The molecule has 40 heavy (non-hydrogen) atoms. The summed E-state index contributed by atoms with van der Waals surface area (Å²) in [6.07, 6.45) is 1.58. The number of nitrogens with zero attached hydrogens (tertiary/aromatic N) is 4. The molecule has 1 fully saturated rings. The Morgan fingerprint density at radius 2 is 1.93 bits per heavy atom. The number of aromatic nitrogens is 2. The van der Waals surface area contributed by atoms with Crippen LogP contribution >= 0.6 is 34.2 Å². The first-order chi connectivity index (χ1) is 19.5. The molecule has 9 nitrogen and oxygen atoms in total. The Bertz CT molecular complexity index is 1830. The van der Waals surface area contributed by atoms with Gasteiger partial charge >= 0.3 is 0 Å². The van der Waals surface area contributed by atoms with Gasteiger partial charge in [-0.3, -0.25) is 9.59 Å². The Hall–Kier alpha value is -3.74. The predicted octanol–water partition coefficient (Wildman–Crippen LogP) is 5.19. The predicted molar refractivity (Wildman–Crippen MR) is 161 cm³/mol. The highest BCUT2D eigenvalue weighted by Gasteiger charge is 2.18. The number of benzene rings is 3. The number of hydrogen-bond acceptors (Lipinski definition) is 7. The number of hydrogen-bond donors (Lipinski definition) is 0. The van der Waals surface area contributed by atoms with Crippen molar-refractivity contribution in [2.24, 2.45) is 5.10 Å². The molecule has 0 aliphatic carbocycles. The van der Waals surface area contributed by atoms with Crippen LogP contribution in [0.15, 0.2) is 81.0 Å². The number of halogens is 2. The summed E-state index contributed by atoms with van der Waals surface area (Å²) in [5, 5.41) is 6.31. The van der Waals surface area contributed by atoms with Gasteiger partial charge in [-0.1, -0.05) is 23.7 Å². The Balaban J connectivity index is 1.30. The van der Waals surface area contributed by atoms with Crippen molar-refractivity contribution >= 4 is 68.2 Å². The van der Waals surface area contributed by atoms with Crippen LogP contribution in [0.5, 0.6) is 5.75 Å². The lowest BCUT2D eigenvalue weighted by Gasteiger charge is -2.26. The van der Waals surface area contributed by atoms with Crippen LogP contribution < -0.4 is 10.3 Å². The fraction of sp³-hybridized carbons (Fsp3) is 0.172. The van der Waals surface area contributed by atoms with Gasteiger partial charge in [-0.2, -0.15) is 9.78 Å². The summed E-state index contributed by atoms with van der Waals surface area (Å²) in [5.41, 5.74) is 1.56. The fourth-order valence-electron chi connectivity index (χ4n) is 4.40. The van der Waals surface area contributed by atoms with Gasteiger partial charge in [-0.05, 0) is 82.8 Å². The molecular formula is C29H22ClIN4O5. The quantitative estimate of drug-likeness (QED) is 0.183. The van der Waals surface area contributed by atoms with E-state index in [1.807, 2.05) is 18.2 Å². The van der Waals surface area contributed by atoms with Crippen LogP contribution in [0, 0.1) is 3.57 Å². The van der Waals surface area contributed by atoms with Gasteiger partial charge in [0.1, 0.15) is 11.3 Å². The average Bonchev–Trinajstić information content (AvgIpc) is 3.39. The number of furan rings is 1. The standard InChI is InChI=1S/C29H22ClIN4O5/c30-20-6-8-24-19(14-20)15-26(40-24)28-33-23-4-2-1-3-21(23)29(37)35(28)32-16-18-5-7-25(22(31)13-18)39-17-27(36)34-9-11-38-12-10-34/h1-8,13-16H,9-12,17H2. The first kappa shape index (κ1) is 26.5. The lowest BCUT2D eigenvalue weighted by molar-refractivity contribution is -0.137. The third kappa shape index (κ3) is 5.47. The zero-order valence-electron chi connectivity index (χ0n) is 21.0. The van der Waals surface area contributed by atoms with Crippen LogP contribution in [0.2, 0.25) is 5.02 Å². The van der Waals surface area contributed by atoms with Gasteiger partial charge in [0.05, 0.1) is 33.9 Å². The molecule has 1 amide bonds. The molecule has 0 spiro atoms. The van der Waals surface area contributed by atoms with E-state index in [1.165, 1.54) is 4.68 Å². The van der Waals surface area contributed by atoms with Crippen molar-refractivity contribution in [1.29, 1.82) is 0 Å². The maximum atomic E-state index is 13.5. The molecule has 0 unspecified atom stereocenters. The molecule has 0 saturated carbocycles. The van der Waals surface area contributed by atoms with E-state index in [0.29, 0.717) is 59.3 Å². The van der Waals surface area contributed by atoms with E-state index in [9.17, 15) is 9.59 Å². The molecule has 0 bridgehead atoms. The summed E-state index contributed by atoms with van der Waals surface area (Å²) >= 11 is 8.30. The van der Waals surface area contributed by atoms with Gasteiger partial charge in [0.15, 0.2) is 12.4 Å². The topological polar surface area (TPSA) is 99.2 Å². The summed E-state index contributed by atoms with van der Waals surface area (Å²) in [4.78, 5) is 32.4. The molecule has 202 valence electrons. The van der Waals surface area contributed by atoms with E-state index in [2.05, 4.69) is 27.7 Å². The largest absolute Gasteiger partial charge is 0.483 e. The number of amides is 1. The SMILES string of the molecule is O=C(COc1ccc(C=Nn2c(-c3cc4cc(Cl)ccc4o3)nc3ccccc3c2=O)cc1I)N1CCOCC1. The van der Waals surface area contributed by atoms with Crippen molar-refractivity contribution in [1.82, 2.24) is 14.6 Å². The highest BCUT2D eigenvalue weighted by Crippen LogP contribution is 2.29. The minimum absolute atomic E-state index is 0.0480. The molecule has 3 heterocycles. The minimum Gasteiger partial charge on any atom is -0.483 e. The van der Waals surface area contributed by atoms with E-state index >= 15 is 0 Å². The normalized spacial score (nSPS) is 13.9. The molecule has 1 saturated heterocycles. The van der Waals surface area contributed by atoms with E-state index in [4.69, 9.17) is 30.5 Å². The maximum absolute atomic E-state index is 13.5. The zero-order chi connectivity index (χ0) is 27.6. The van der Waals surface area contributed by atoms with Gasteiger partial charge in [-0.25, -0.2) is 4.98 Å². The summed E-state index contributed by atoms with van der Waals surface area (Å²) in [5.74, 6) is 1.17. The second-order valence-electron chi connectivity index (χ2n) is 9.08. The molecule has 5 aromatic rings. The summed E-state index contributed by atoms with van der Waals surface area (Å²) in [6.45, 7) is 2.18. The molecule has 6 rings (SSSR count). The lowest BCUT2D eigenvalue weighted by atomic mass is 10.2. The Labute approximate surface area is 247 Å². The number of ether oxygens (including phenoxy) is 2. The van der Waals surface area contributed by atoms with Crippen molar-refractivity contribution in [3.63, 3.8) is 0 Å². The molecule has 1 aliphatic heterocycles. The Morgan fingerprint density at radius 1 is 1.10 bits per heavy atom.